The van der Waals surface area contributed by atoms with Crippen LogP contribution in [0, 0.1) is 11.6 Å². The van der Waals surface area contributed by atoms with Crippen LogP contribution in [0.25, 0.3) is 33.4 Å². The Morgan fingerprint density at radius 1 is 1.00 bits per heavy atom. The normalized spacial score (nSPS) is 10.8. The molecule has 0 aliphatic carbocycles. The van der Waals surface area contributed by atoms with Crippen molar-refractivity contribution in [3.63, 3.8) is 0 Å². The minimum absolute atomic E-state index is 0.118. The first-order valence-electron chi connectivity index (χ1n) is 8.47. The lowest BCUT2D eigenvalue weighted by Crippen LogP contribution is -2.09. The van der Waals surface area contributed by atoms with Gasteiger partial charge < -0.3 is 5.32 Å². The molecule has 4 rings (SSSR count). The second kappa shape index (κ2) is 7.11. The lowest BCUT2D eigenvalue weighted by molar-refractivity contribution is -0.114. The summed E-state index contributed by atoms with van der Waals surface area (Å²) in [5, 5.41) is 3.20. The van der Waals surface area contributed by atoms with Gasteiger partial charge in [0, 0.05) is 35.8 Å². The zero-order chi connectivity index (χ0) is 19.7. The van der Waals surface area contributed by atoms with Gasteiger partial charge in [-0.2, -0.15) is 0 Å². The van der Waals surface area contributed by atoms with E-state index in [9.17, 15) is 13.6 Å². The second-order valence-electron chi connectivity index (χ2n) is 6.15. The minimum atomic E-state index is -0.934. The predicted molar refractivity (Wildman–Crippen MR) is 102 cm³/mol. The van der Waals surface area contributed by atoms with Crippen LogP contribution >= 0.6 is 0 Å². The van der Waals surface area contributed by atoms with Crippen LogP contribution in [0.15, 0.2) is 60.9 Å². The highest BCUT2D eigenvalue weighted by Crippen LogP contribution is 2.31. The van der Waals surface area contributed by atoms with E-state index >= 15 is 0 Å². The predicted octanol–water partition coefficient (Wildman–Crippen LogP) is 4.60. The zero-order valence-electron chi connectivity index (χ0n) is 14.8. The van der Waals surface area contributed by atoms with Gasteiger partial charge in [-0.25, -0.2) is 18.7 Å². The summed E-state index contributed by atoms with van der Waals surface area (Å²) in [7, 11) is 0. The van der Waals surface area contributed by atoms with E-state index in [4.69, 9.17) is 0 Å². The van der Waals surface area contributed by atoms with Crippen molar-refractivity contribution in [1.82, 2.24) is 15.0 Å². The van der Waals surface area contributed by atoms with E-state index < -0.39 is 11.6 Å². The van der Waals surface area contributed by atoms with E-state index in [-0.39, 0.29) is 17.3 Å². The van der Waals surface area contributed by atoms with Crippen molar-refractivity contribution in [3.05, 3.63) is 72.6 Å². The second-order valence-corrected chi connectivity index (χ2v) is 6.15. The molecule has 0 saturated carbocycles. The Labute approximate surface area is 159 Å². The monoisotopic (exact) mass is 376 g/mol. The third kappa shape index (κ3) is 3.29. The molecule has 2 heterocycles. The summed E-state index contributed by atoms with van der Waals surface area (Å²) in [6.07, 6.45) is 3.26. The summed E-state index contributed by atoms with van der Waals surface area (Å²) in [4.78, 5) is 24.7. The van der Waals surface area contributed by atoms with Gasteiger partial charge in [0.05, 0.1) is 5.52 Å². The molecule has 0 unspecified atom stereocenters. The maximum atomic E-state index is 14.2. The highest BCUT2D eigenvalue weighted by atomic mass is 19.2. The van der Waals surface area contributed by atoms with Gasteiger partial charge in [-0.05, 0) is 35.9 Å². The fourth-order valence-electron chi connectivity index (χ4n) is 2.91. The molecule has 138 valence electrons. The molecule has 0 aliphatic rings. The number of pyridine rings is 1. The van der Waals surface area contributed by atoms with Gasteiger partial charge in [-0.1, -0.05) is 18.2 Å². The van der Waals surface area contributed by atoms with Crippen molar-refractivity contribution in [1.29, 1.82) is 0 Å². The van der Waals surface area contributed by atoms with Crippen molar-refractivity contribution in [2.45, 2.75) is 6.92 Å². The molecule has 0 spiro atoms. The lowest BCUT2D eigenvalue weighted by Gasteiger charge is -2.11. The maximum absolute atomic E-state index is 14.2. The molecule has 1 amide bonds. The van der Waals surface area contributed by atoms with Crippen molar-refractivity contribution in [3.8, 4) is 22.5 Å². The zero-order valence-corrected chi connectivity index (χ0v) is 14.8. The number of halogens is 2. The molecule has 0 bridgehead atoms. The Morgan fingerprint density at radius 3 is 2.61 bits per heavy atom. The van der Waals surface area contributed by atoms with E-state index in [1.54, 1.807) is 36.7 Å². The van der Waals surface area contributed by atoms with Gasteiger partial charge in [0.15, 0.2) is 17.5 Å². The Balaban J connectivity index is 1.93. The smallest absolute Gasteiger partial charge is 0.222 e. The quantitative estimate of drug-likeness (QED) is 0.568. The van der Waals surface area contributed by atoms with Crippen LogP contribution in [-0.4, -0.2) is 20.9 Å². The summed E-state index contributed by atoms with van der Waals surface area (Å²) < 4.78 is 27.8. The molecule has 5 nitrogen and oxygen atoms in total. The van der Waals surface area contributed by atoms with Crippen LogP contribution in [-0.2, 0) is 4.79 Å². The van der Waals surface area contributed by atoms with Crippen LogP contribution in [0.4, 0.5) is 14.6 Å². The van der Waals surface area contributed by atoms with Crippen molar-refractivity contribution in [2.75, 3.05) is 5.32 Å². The molecule has 0 atom stereocenters. The fraction of sp³-hybridized carbons (Fsp3) is 0.0476. The Hall–Kier alpha value is -3.74. The summed E-state index contributed by atoms with van der Waals surface area (Å²) in [6, 6.07) is 12.5. The number of anilines is 1. The summed E-state index contributed by atoms with van der Waals surface area (Å²) in [5.74, 6) is -1.48. The molecule has 0 aliphatic heterocycles. The van der Waals surface area contributed by atoms with Gasteiger partial charge in [0.25, 0.3) is 0 Å². The van der Waals surface area contributed by atoms with Gasteiger partial charge >= 0.3 is 0 Å². The number of carbonyl (C=O) groups is 1. The topological polar surface area (TPSA) is 67.8 Å². The molecule has 2 aromatic carbocycles. The first kappa shape index (κ1) is 17.7. The van der Waals surface area contributed by atoms with Crippen molar-refractivity contribution >= 4 is 22.6 Å². The first-order chi connectivity index (χ1) is 13.5. The standard InChI is InChI=1S/C21H14F2N4O/c1-12(28)25-21-16-10-13(15-5-2-6-17(22)19(15)23)7-8-18(16)26-20(27-21)14-4-3-9-24-11-14/h2-11H,1H3,(H,25,26,27,28). The van der Waals surface area contributed by atoms with E-state index in [1.807, 2.05) is 6.07 Å². The molecule has 28 heavy (non-hydrogen) atoms. The summed E-state index contributed by atoms with van der Waals surface area (Å²) in [6.45, 7) is 1.37. The average molecular weight is 376 g/mol. The number of hydrogen-bond acceptors (Lipinski definition) is 4. The number of aromatic nitrogens is 3. The average Bonchev–Trinajstić information content (AvgIpc) is 2.70. The molecule has 1 N–H and O–H groups in total. The molecule has 0 radical (unpaired) electrons. The van der Waals surface area contributed by atoms with Gasteiger partial charge in [0.1, 0.15) is 5.82 Å². The highest BCUT2D eigenvalue weighted by Gasteiger charge is 2.14. The molecule has 2 aromatic heterocycles. The molecule has 4 aromatic rings. The number of rotatable bonds is 3. The Morgan fingerprint density at radius 2 is 1.86 bits per heavy atom. The van der Waals surface area contributed by atoms with Crippen LogP contribution in [0.2, 0.25) is 0 Å². The van der Waals surface area contributed by atoms with Crippen LogP contribution in [0.3, 0.4) is 0 Å². The van der Waals surface area contributed by atoms with Crippen molar-refractivity contribution in [2.24, 2.45) is 0 Å². The fourth-order valence-corrected chi connectivity index (χ4v) is 2.91. The molecule has 0 fully saturated rings. The van der Waals surface area contributed by atoms with E-state index in [0.29, 0.717) is 27.9 Å². The SMILES string of the molecule is CC(=O)Nc1nc(-c2cccnc2)nc2ccc(-c3cccc(F)c3F)cc12. The highest BCUT2D eigenvalue weighted by molar-refractivity contribution is 6.00. The summed E-state index contributed by atoms with van der Waals surface area (Å²) in [5.41, 5.74) is 1.82. The van der Waals surface area contributed by atoms with Gasteiger partial charge in [-0.15, -0.1) is 0 Å². The maximum Gasteiger partial charge on any atom is 0.222 e. The number of fused-ring (bicyclic) bond motifs is 1. The largest absolute Gasteiger partial charge is 0.310 e. The third-order valence-electron chi connectivity index (χ3n) is 4.17. The Bertz CT molecular complexity index is 1200. The Kier molecular flexibility index (Phi) is 4.49. The van der Waals surface area contributed by atoms with Crippen molar-refractivity contribution < 1.29 is 13.6 Å². The van der Waals surface area contributed by atoms with Crippen LogP contribution in [0.1, 0.15) is 6.92 Å². The third-order valence-corrected chi connectivity index (χ3v) is 4.17. The number of hydrogen-bond donors (Lipinski definition) is 1. The van der Waals surface area contributed by atoms with Gasteiger partial charge in [-0.3, -0.25) is 9.78 Å². The first-order valence-corrected chi connectivity index (χ1v) is 8.47. The molecule has 0 saturated heterocycles. The number of nitrogens with one attached hydrogen (secondary N) is 1. The van der Waals surface area contributed by atoms with E-state index in [1.165, 1.54) is 19.1 Å². The van der Waals surface area contributed by atoms with Crippen LogP contribution in [0.5, 0.6) is 0 Å². The molecule has 7 heteroatoms. The number of benzene rings is 2. The molecular formula is C21H14F2N4O. The number of carbonyl (C=O) groups excluding carboxylic acids is 1. The molecular weight excluding hydrogens is 362 g/mol. The number of nitrogens with zero attached hydrogens (tertiary/aromatic N) is 3. The summed E-state index contributed by atoms with van der Waals surface area (Å²) >= 11 is 0. The van der Waals surface area contributed by atoms with E-state index in [0.717, 1.165) is 6.07 Å². The lowest BCUT2D eigenvalue weighted by atomic mass is 10.0. The van der Waals surface area contributed by atoms with Gasteiger partial charge in [0.2, 0.25) is 5.91 Å². The van der Waals surface area contributed by atoms with E-state index in [2.05, 4.69) is 20.3 Å². The van der Waals surface area contributed by atoms with Crippen LogP contribution < -0.4 is 5.32 Å². The minimum Gasteiger partial charge on any atom is -0.310 e. The number of amides is 1.